The lowest BCUT2D eigenvalue weighted by atomic mass is 9.94. The minimum absolute atomic E-state index is 0.138. The van der Waals surface area contributed by atoms with E-state index in [1.165, 1.54) is 0 Å². The van der Waals surface area contributed by atoms with Crippen molar-refractivity contribution in [3.8, 4) is 0 Å². The van der Waals surface area contributed by atoms with Crippen molar-refractivity contribution >= 4 is 28.9 Å². The van der Waals surface area contributed by atoms with Gasteiger partial charge in [0.25, 0.3) is 0 Å². The van der Waals surface area contributed by atoms with Gasteiger partial charge < -0.3 is 10.0 Å². The largest absolute Gasteiger partial charge is 0.396 e. The van der Waals surface area contributed by atoms with Crippen LogP contribution in [0.1, 0.15) is 13.8 Å². The number of benzene rings is 1. The van der Waals surface area contributed by atoms with E-state index in [-0.39, 0.29) is 12.0 Å². The summed E-state index contributed by atoms with van der Waals surface area (Å²) >= 11 is 11.8. The van der Waals surface area contributed by atoms with Gasteiger partial charge in [-0.3, -0.25) is 0 Å². The second-order valence-electron chi connectivity index (χ2n) is 4.78. The Morgan fingerprint density at radius 1 is 1.25 bits per heavy atom. The van der Waals surface area contributed by atoms with E-state index in [4.69, 9.17) is 23.2 Å². The topological polar surface area (TPSA) is 23.5 Å². The maximum Gasteiger partial charge on any atom is 0.0612 e. The van der Waals surface area contributed by atoms with Gasteiger partial charge in [0, 0.05) is 31.3 Å². The average Bonchev–Trinajstić information content (AvgIpc) is 2.21. The number of anilines is 1. The van der Waals surface area contributed by atoms with Gasteiger partial charge in [-0.05, 0) is 18.2 Å². The average molecular weight is 262 g/mol. The summed E-state index contributed by atoms with van der Waals surface area (Å²) in [6, 6.07) is 5.53. The van der Waals surface area contributed by atoms with Crippen LogP contribution in [0.4, 0.5) is 5.69 Å². The lowest BCUT2D eigenvalue weighted by Crippen LogP contribution is -2.33. The molecule has 0 amide bonds. The molecular weight excluding hydrogens is 245 g/mol. The highest BCUT2D eigenvalue weighted by molar-refractivity contribution is 6.42. The van der Waals surface area contributed by atoms with Crippen molar-refractivity contribution in [1.29, 1.82) is 0 Å². The highest BCUT2D eigenvalue weighted by atomic mass is 35.5. The summed E-state index contributed by atoms with van der Waals surface area (Å²) in [5.74, 6) is 0. The number of hydrogen-bond donors (Lipinski definition) is 1. The normalized spacial score (nSPS) is 11.6. The predicted octanol–water partition coefficient (Wildman–Crippen LogP) is 3.45. The molecule has 0 aliphatic rings. The van der Waals surface area contributed by atoms with E-state index in [1.807, 2.05) is 33.0 Å². The molecule has 1 N–H and O–H groups in total. The van der Waals surface area contributed by atoms with Gasteiger partial charge in [0.2, 0.25) is 0 Å². The van der Waals surface area contributed by atoms with Crippen molar-refractivity contribution in [3.05, 3.63) is 28.2 Å². The number of aliphatic hydroxyl groups excluding tert-OH is 1. The van der Waals surface area contributed by atoms with Crippen LogP contribution in [0.15, 0.2) is 18.2 Å². The first kappa shape index (κ1) is 13.6. The zero-order chi connectivity index (χ0) is 12.3. The number of rotatable bonds is 4. The molecule has 1 aromatic carbocycles. The molecule has 0 saturated carbocycles. The molecule has 90 valence electrons. The molecule has 0 aromatic heterocycles. The lowest BCUT2D eigenvalue weighted by molar-refractivity contribution is 0.165. The zero-order valence-electron chi connectivity index (χ0n) is 9.80. The molecule has 2 nitrogen and oxygen atoms in total. The maximum atomic E-state index is 9.21. The van der Waals surface area contributed by atoms with Gasteiger partial charge in [0.05, 0.1) is 10.0 Å². The fourth-order valence-electron chi connectivity index (χ4n) is 1.51. The minimum Gasteiger partial charge on any atom is -0.396 e. The summed E-state index contributed by atoms with van der Waals surface area (Å²) in [5, 5.41) is 10.3. The van der Waals surface area contributed by atoms with E-state index in [2.05, 4.69) is 4.90 Å². The minimum atomic E-state index is -0.138. The van der Waals surface area contributed by atoms with E-state index in [0.717, 1.165) is 12.2 Å². The van der Waals surface area contributed by atoms with Crippen LogP contribution in [0.5, 0.6) is 0 Å². The van der Waals surface area contributed by atoms with Gasteiger partial charge in [0.15, 0.2) is 0 Å². The second kappa shape index (κ2) is 5.26. The van der Waals surface area contributed by atoms with Gasteiger partial charge in [-0.1, -0.05) is 37.0 Å². The first-order chi connectivity index (χ1) is 7.35. The zero-order valence-corrected chi connectivity index (χ0v) is 11.3. The van der Waals surface area contributed by atoms with E-state index in [9.17, 15) is 5.11 Å². The Kier molecular flexibility index (Phi) is 4.48. The fourth-order valence-corrected chi connectivity index (χ4v) is 1.80. The molecule has 0 aliphatic heterocycles. The first-order valence-electron chi connectivity index (χ1n) is 5.13. The summed E-state index contributed by atoms with van der Waals surface area (Å²) in [7, 11) is 1.97. The Hall–Kier alpha value is -0.440. The van der Waals surface area contributed by atoms with Crippen molar-refractivity contribution in [2.24, 2.45) is 5.41 Å². The van der Waals surface area contributed by atoms with Gasteiger partial charge in [0.1, 0.15) is 0 Å². The van der Waals surface area contributed by atoms with Crippen molar-refractivity contribution < 1.29 is 5.11 Å². The number of halogens is 2. The highest BCUT2D eigenvalue weighted by Gasteiger charge is 2.19. The van der Waals surface area contributed by atoms with E-state index < -0.39 is 0 Å². The third kappa shape index (κ3) is 3.55. The van der Waals surface area contributed by atoms with Crippen LogP contribution >= 0.6 is 23.2 Å². The molecular formula is C12H17Cl2NO. The number of aliphatic hydroxyl groups is 1. The summed E-state index contributed by atoms with van der Waals surface area (Å²) in [5.41, 5.74) is 0.858. The molecule has 1 rings (SSSR count). The van der Waals surface area contributed by atoms with Crippen LogP contribution in [0, 0.1) is 5.41 Å². The van der Waals surface area contributed by atoms with Crippen LogP contribution in [-0.2, 0) is 0 Å². The van der Waals surface area contributed by atoms with Crippen molar-refractivity contribution in [2.45, 2.75) is 13.8 Å². The smallest absolute Gasteiger partial charge is 0.0612 e. The molecule has 16 heavy (non-hydrogen) atoms. The SMILES string of the molecule is CN(CC(C)(C)CO)c1ccc(Cl)c(Cl)c1. The third-order valence-corrected chi connectivity index (χ3v) is 3.18. The van der Waals surface area contributed by atoms with Crippen molar-refractivity contribution in [1.82, 2.24) is 0 Å². The highest BCUT2D eigenvalue weighted by Crippen LogP contribution is 2.28. The molecule has 1 aromatic rings. The molecule has 0 heterocycles. The number of hydrogen-bond acceptors (Lipinski definition) is 2. The number of nitrogens with zero attached hydrogens (tertiary/aromatic N) is 1. The lowest BCUT2D eigenvalue weighted by Gasteiger charge is -2.30. The van der Waals surface area contributed by atoms with Gasteiger partial charge in [-0.25, -0.2) is 0 Å². The summed E-state index contributed by atoms with van der Waals surface area (Å²) in [6.45, 7) is 4.93. The molecule has 0 unspecified atom stereocenters. The Balaban J connectivity index is 2.81. The summed E-state index contributed by atoms with van der Waals surface area (Å²) in [4.78, 5) is 2.05. The predicted molar refractivity (Wildman–Crippen MR) is 70.6 cm³/mol. The third-order valence-electron chi connectivity index (χ3n) is 2.44. The molecule has 0 saturated heterocycles. The van der Waals surface area contributed by atoms with E-state index >= 15 is 0 Å². The standard InChI is InChI=1S/C12H17Cl2NO/c1-12(2,8-16)7-15(3)9-4-5-10(13)11(14)6-9/h4-6,16H,7-8H2,1-3H3. The van der Waals surface area contributed by atoms with Crippen LogP contribution in [-0.4, -0.2) is 25.3 Å². The Labute approximate surface area is 107 Å². The van der Waals surface area contributed by atoms with Crippen LogP contribution < -0.4 is 4.90 Å². The Morgan fingerprint density at radius 3 is 2.38 bits per heavy atom. The molecule has 0 aliphatic carbocycles. The first-order valence-corrected chi connectivity index (χ1v) is 5.88. The Bertz CT molecular complexity index is 366. The summed E-state index contributed by atoms with van der Waals surface area (Å²) in [6.07, 6.45) is 0. The van der Waals surface area contributed by atoms with Crippen LogP contribution in [0.2, 0.25) is 10.0 Å². The monoisotopic (exact) mass is 261 g/mol. The Morgan fingerprint density at radius 2 is 1.88 bits per heavy atom. The van der Waals surface area contributed by atoms with Gasteiger partial charge in [-0.2, -0.15) is 0 Å². The van der Waals surface area contributed by atoms with E-state index in [1.54, 1.807) is 6.07 Å². The van der Waals surface area contributed by atoms with Crippen LogP contribution in [0.3, 0.4) is 0 Å². The van der Waals surface area contributed by atoms with Crippen molar-refractivity contribution in [3.63, 3.8) is 0 Å². The van der Waals surface area contributed by atoms with Gasteiger partial charge >= 0.3 is 0 Å². The fraction of sp³-hybridized carbons (Fsp3) is 0.500. The molecule has 0 bridgehead atoms. The van der Waals surface area contributed by atoms with E-state index in [0.29, 0.717) is 10.0 Å². The molecule has 0 radical (unpaired) electrons. The second-order valence-corrected chi connectivity index (χ2v) is 5.59. The summed E-state index contributed by atoms with van der Waals surface area (Å²) < 4.78 is 0. The molecule has 0 spiro atoms. The molecule has 4 heteroatoms. The van der Waals surface area contributed by atoms with Gasteiger partial charge in [-0.15, -0.1) is 0 Å². The molecule has 0 atom stereocenters. The maximum absolute atomic E-state index is 9.21. The quantitative estimate of drug-likeness (QED) is 0.898. The van der Waals surface area contributed by atoms with Crippen LogP contribution in [0.25, 0.3) is 0 Å². The van der Waals surface area contributed by atoms with Crippen molar-refractivity contribution in [2.75, 3.05) is 25.1 Å². The molecule has 0 fully saturated rings.